The minimum Gasteiger partial charge on any atom is -0.465 e. The monoisotopic (exact) mass is 296 g/mol. The molecule has 1 saturated carbocycles. The lowest BCUT2D eigenvalue weighted by Gasteiger charge is -2.19. The Morgan fingerprint density at radius 1 is 1.35 bits per heavy atom. The van der Waals surface area contributed by atoms with Crippen molar-refractivity contribution in [1.29, 1.82) is 0 Å². The second kappa shape index (κ2) is 5.16. The van der Waals surface area contributed by atoms with Crippen molar-refractivity contribution < 1.29 is 14.3 Å². The zero-order valence-electron chi connectivity index (χ0n) is 10.5. The van der Waals surface area contributed by atoms with Gasteiger partial charge in [0.1, 0.15) is 5.15 Å². The van der Waals surface area contributed by atoms with E-state index >= 15 is 0 Å². The van der Waals surface area contributed by atoms with Crippen LogP contribution in [0.2, 0.25) is 5.15 Å². The SMILES string of the molecule is O=C(O)N[C@@H]1CCC[C@H]1Nc1nc2nc(Cl)ccc2o1. The molecule has 0 bridgehead atoms. The summed E-state index contributed by atoms with van der Waals surface area (Å²) in [5.41, 5.74) is 0.971. The first kappa shape index (κ1) is 13.0. The maximum atomic E-state index is 10.7. The van der Waals surface area contributed by atoms with Crippen molar-refractivity contribution in [3.63, 3.8) is 0 Å². The Labute approximate surface area is 119 Å². The zero-order chi connectivity index (χ0) is 14.1. The van der Waals surface area contributed by atoms with E-state index in [2.05, 4.69) is 20.6 Å². The van der Waals surface area contributed by atoms with Crippen LogP contribution in [0, 0.1) is 0 Å². The van der Waals surface area contributed by atoms with E-state index in [1.807, 2.05) is 0 Å². The highest BCUT2D eigenvalue weighted by molar-refractivity contribution is 6.29. The van der Waals surface area contributed by atoms with Crippen molar-refractivity contribution in [1.82, 2.24) is 15.3 Å². The van der Waals surface area contributed by atoms with Crippen LogP contribution in [0.5, 0.6) is 0 Å². The minimum atomic E-state index is -1.02. The molecule has 2 aromatic heterocycles. The summed E-state index contributed by atoms with van der Waals surface area (Å²) in [5, 5.41) is 14.8. The van der Waals surface area contributed by atoms with Crippen molar-refractivity contribution in [2.24, 2.45) is 0 Å². The van der Waals surface area contributed by atoms with Crippen LogP contribution in [0.15, 0.2) is 16.5 Å². The van der Waals surface area contributed by atoms with Gasteiger partial charge < -0.3 is 20.2 Å². The van der Waals surface area contributed by atoms with Crippen molar-refractivity contribution in [3.8, 4) is 0 Å². The second-order valence-corrected chi connectivity index (χ2v) is 5.10. The summed E-state index contributed by atoms with van der Waals surface area (Å²) in [5.74, 6) is 0. The second-order valence-electron chi connectivity index (χ2n) is 4.71. The van der Waals surface area contributed by atoms with E-state index in [-0.39, 0.29) is 12.1 Å². The van der Waals surface area contributed by atoms with Crippen LogP contribution in [-0.4, -0.2) is 33.3 Å². The van der Waals surface area contributed by atoms with Gasteiger partial charge in [-0.3, -0.25) is 0 Å². The van der Waals surface area contributed by atoms with Gasteiger partial charge in [0.15, 0.2) is 5.58 Å². The molecule has 106 valence electrons. The van der Waals surface area contributed by atoms with Gasteiger partial charge in [-0.25, -0.2) is 9.78 Å². The highest BCUT2D eigenvalue weighted by atomic mass is 35.5. The quantitative estimate of drug-likeness (QED) is 0.752. The van der Waals surface area contributed by atoms with E-state index in [9.17, 15) is 4.79 Å². The van der Waals surface area contributed by atoms with Gasteiger partial charge in [-0.15, -0.1) is 0 Å². The first-order chi connectivity index (χ1) is 9.61. The third-order valence-corrected chi connectivity index (χ3v) is 3.56. The van der Waals surface area contributed by atoms with Gasteiger partial charge in [-0.2, -0.15) is 4.98 Å². The van der Waals surface area contributed by atoms with Crippen molar-refractivity contribution in [2.45, 2.75) is 31.3 Å². The summed E-state index contributed by atoms with van der Waals surface area (Å²) < 4.78 is 5.52. The van der Waals surface area contributed by atoms with Gasteiger partial charge in [-0.1, -0.05) is 11.6 Å². The molecule has 8 heteroatoms. The lowest BCUT2D eigenvalue weighted by Crippen LogP contribution is -2.42. The van der Waals surface area contributed by atoms with E-state index in [0.29, 0.717) is 22.4 Å². The lowest BCUT2D eigenvalue weighted by atomic mass is 10.2. The Balaban J connectivity index is 1.76. The molecule has 1 aliphatic rings. The Morgan fingerprint density at radius 3 is 2.95 bits per heavy atom. The molecule has 0 aromatic carbocycles. The molecule has 2 atom stereocenters. The summed E-state index contributed by atoms with van der Waals surface area (Å²) in [6, 6.07) is 3.49. The molecule has 0 radical (unpaired) electrons. The summed E-state index contributed by atoms with van der Waals surface area (Å²) >= 11 is 5.79. The van der Waals surface area contributed by atoms with Gasteiger partial charge in [0.25, 0.3) is 6.01 Å². The minimum absolute atomic E-state index is 0.0327. The predicted molar refractivity (Wildman–Crippen MR) is 73.0 cm³/mol. The molecule has 2 aromatic rings. The molecular weight excluding hydrogens is 284 g/mol. The largest absolute Gasteiger partial charge is 0.465 e. The number of amides is 1. The van der Waals surface area contributed by atoms with Gasteiger partial charge in [0, 0.05) is 0 Å². The number of nitrogens with zero attached hydrogens (tertiary/aromatic N) is 2. The fourth-order valence-electron chi connectivity index (χ4n) is 2.48. The van der Waals surface area contributed by atoms with Gasteiger partial charge in [0.2, 0.25) is 5.65 Å². The molecule has 20 heavy (non-hydrogen) atoms. The summed E-state index contributed by atoms with van der Waals surface area (Å²) in [7, 11) is 0. The smallest absolute Gasteiger partial charge is 0.404 e. The van der Waals surface area contributed by atoms with Crippen LogP contribution in [0.4, 0.5) is 10.8 Å². The Hall–Kier alpha value is -2.02. The number of nitrogens with one attached hydrogen (secondary N) is 2. The average Bonchev–Trinajstić information content (AvgIpc) is 2.95. The van der Waals surface area contributed by atoms with Crippen LogP contribution >= 0.6 is 11.6 Å². The highest BCUT2D eigenvalue weighted by Gasteiger charge is 2.29. The number of anilines is 1. The van der Waals surface area contributed by atoms with Gasteiger partial charge in [-0.05, 0) is 31.4 Å². The van der Waals surface area contributed by atoms with Crippen molar-refractivity contribution in [3.05, 3.63) is 17.3 Å². The maximum Gasteiger partial charge on any atom is 0.404 e. The standard InChI is InChI=1S/C12H13ClN4O3/c13-9-5-4-8-10(16-9)17-11(20-8)14-6-2-1-3-7(6)15-12(18)19/h4-7,15H,1-3H2,(H,18,19)(H,14,16,17)/t6-,7-/m1/s1. The van der Waals surface area contributed by atoms with Crippen LogP contribution in [-0.2, 0) is 0 Å². The van der Waals surface area contributed by atoms with Gasteiger partial charge in [0.05, 0.1) is 12.1 Å². The summed E-state index contributed by atoms with van der Waals surface area (Å²) in [4.78, 5) is 19.0. The molecule has 0 saturated heterocycles. The molecule has 2 heterocycles. The molecule has 1 amide bonds. The first-order valence-corrected chi connectivity index (χ1v) is 6.69. The number of oxazole rings is 1. The van der Waals surface area contributed by atoms with Crippen LogP contribution in [0.3, 0.4) is 0 Å². The van der Waals surface area contributed by atoms with E-state index in [1.54, 1.807) is 12.1 Å². The van der Waals surface area contributed by atoms with E-state index in [4.69, 9.17) is 21.1 Å². The maximum absolute atomic E-state index is 10.7. The molecule has 1 aliphatic carbocycles. The summed E-state index contributed by atoms with van der Waals surface area (Å²) in [6.07, 6.45) is 1.59. The lowest BCUT2D eigenvalue weighted by molar-refractivity contribution is 0.189. The molecule has 3 N–H and O–H groups in total. The number of carboxylic acid groups (broad SMARTS) is 1. The third kappa shape index (κ3) is 2.62. The molecule has 0 unspecified atom stereocenters. The first-order valence-electron chi connectivity index (χ1n) is 6.31. The van der Waals surface area contributed by atoms with Crippen molar-refractivity contribution >= 4 is 34.9 Å². The summed E-state index contributed by atoms with van der Waals surface area (Å²) in [6.45, 7) is 0. The molecule has 7 nitrogen and oxygen atoms in total. The number of carbonyl (C=O) groups is 1. The topological polar surface area (TPSA) is 100 Å². The highest BCUT2D eigenvalue weighted by Crippen LogP contribution is 2.25. The number of fused-ring (bicyclic) bond motifs is 1. The number of rotatable bonds is 3. The molecule has 0 aliphatic heterocycles. The zero-order valence-corrected chi connectivity index (χ0v) is 11.2. The van der Waals surface area contributed by atoms with E-state index in [0.717, 1.165) is 19.3 Å². The Morgan fingerprint density at radius 2 is 2.15 bits per heavy atom. The average molecular weight is 297 g/mol. The van der Waals surface area contributed by atoms with E-state index in [1.165, 1.54) is 0 Å². The predicted octanol–water partition coefficient (Wildman–Crippen LogP) is 2.48. The van der Waals surface area contributed by atoms with Crippen LogP contribution in [0.25, 0.3) is 11.2 Å². The number of hydrogen-bond acceptors (Lipinski definition) is 5. The van der Waals surface area contributed by atoms with Crippen LogP contribution < -0.4 is 10.6 Å². The number of hydrogen-bond donors (Lipinski definition) is 3. The van der Waals surface area contributed by atoms with Crippen molar-refractivity contribution in [2.75, 3.05) is 5.32 Å². The van der Waals surface area contributed by atoms with Gasteiger partial charge >= 0.3 is 6.09 Å². The Kier molecular flexibility index (Phi) is 3.35. The molecule has 3 rings (SSSR count). The molecule has 1 fully saturated rings. The Bertz CT molecular complexity index is 645. The number of aromatic nitrogens is 2. The molecule has 0 spiro atoms. The van der Waals surface area contributed by atoms with E-state index < -0.39 is 6.09 Å². The molecular formula is C12H13ClN4O3. The number of pyridine rings is 1. The normalized spacial score (nSPS) is 22.1. The number of halogens is 1. The fourth-order valence-corrected chi connectivity index (χ4v) is 2.62. The third-order valence-electron chi connectivity index (χ3n) is 3.35. The fraction of sp³-hybridized carbons (Fsp3) is 0.417. The van der Waals surface area contributed by atoms with Crippen LogP contribution in [0.1, 0.15) is 19.3 Å².